The van der Waals surface area contributed by atoms with E-state index in [4.69, 9.17) is 16.3 Å². The Morgan fingerprint density at radius 2 is 1.75 bits per heavy atom. The maximum absolute atomic E-state index is 13.1. The van der Waals surface area contributed by atoms with E-state index in [1.165, 1.54) is 10.5 Å². The van der Waals surface area contributed by atoms with Gasteiger partial charge in [-0.05, 0) is 79.7 Å². The molecule has 32 heavy (non-hydrogen) atoms. The van der Waals surface area contributed by atoms with E-state index in [1.807, 2.05) is 36.1 Å². The molecule has 166 valence electrons. The van der Waals surface area contributed by atoms with Gasteiger partial charge in [0.25, 0.3) is 5.91 Å². The van der Waals surface area contributed by atoms with Gasteiger partial charge in [0.2, 0.25) is 0 Å². The van der Waals surface area contributed by atoms with Gasteiger partial charge in [-0.3, -0.25) is 4.79 Å². The van der Waals surface area contributed by atoms with E-state index < -0.39 is 6.10 Å². The molecule has 1 fully saturated rings. The number of amides is 1. The maximum atomic E-state index is 13.1. The molecule has 1 amide bonds. The lowest BCUT2D eigenvalue weighted by molar-refractivity contribution is -0.134. The summed E-state index contributed by atoms with van der Waals surface area (Å²) >= 11 is 7.73. The Kier molecular flexibility index (Phi) is 7.40. The van der Waals surface area contributed by atoms with Crippen molar-refractivity contribution in [2.75, 3.05) is 24.2 Å². The van der Waals surface area contributed by atoms with Gasteiger partial charge in [-0.25, -0.2) is 0 Å². The number of hydrogen-bond donors (Lipinski definition) is 1. The highest BCUT2D eigenvalue weighted by atomic mass is 35.5. The van der Waals surface area contributed by atoms with Gasteiger partial charge in [0, 0.05) is 22.2 Å². The summed E-state index contributed by atoms with van der Waals surface area (Å²) in [6.45, 7) is 3.51. The van der Waals surface area contributed by atoms with Crippen molar-refractivity contribution >= 4 is 35.0 Å². The number of carbonyl (C=O) groups is 1. The van der Waals surface area contributed by atoms with Gasteiger partial charge in [0.05, 0.1) is 6.04 Å². The number of aryl methyl sites for hydroxylation is 1. The molecule has 0 aromatic heterocycles. The summed E-state index contributed by atoms with van der Waals surface area (Å²) < 4.78 is 6.07. The van der Waals surface area contributed by atoms with Crippen LogP contribution in [0.25, 0.3) is 0 Å². The molecule has 1 heterocycles. The molecule has 2 atom stereocenters. The summed E-state index contributed by atoms with van der Waals surface area (Å²) in [6, 6.07) is 23.7. The Morgan fingerprint density at radius 3 is 2.44 bits per heavy atom. The number of rotatable bonds is 9. The number of hydrogen-bond acceptors (Lipinski definition) is 4. The van der Waals surface area contributed by atoms with Gasteiger partial charge in [0.15, 0.2) is 6.10 Å². The summed E-state index contributed by atoms with van der Waals surface area (Å²) in [7, 11) is 0. The summed E-state index contributed by atoms with van der Waals surface area (Å²) in [5.41, 5.74) is 3.31. The highest BCUT2D eigenvalue weighted by Gasteiger charge is 2.50. The Hall–Kier alpha value is -2.47. The number of nitrogens with one attached hydrogen (secondary N) is 1. The molecule has 3 aromatic carbocycles. The first-order chi connectivity index (χ1) is 15.6. The van der Waals surface area contributed by atoms with Crippen molar-refractivity contribution in [2.45, 2.75) is 30.4 Å². The first kappa shape index (κ1) is 22.7. The lowest BCUT2D eigenvalue weighted by Crippen LogP contribution is -2.70. The molecule has 3 aromatic rings. The first-order valence-corrected chi connectivity index (χ1v) is 12.3. The largest absolute Gasteiger partial charge is 0.478 e. The van der Waals surface area contributed by atoms with Crippen molar-refractivity contribution in [3.8, 4) is 5.75 Å². The fraction of sp³-hybridized carbons (Fsp3) is 0.269. The van der Waals surface area contributed by atoms with Crippen LogP contribution in [-0.4, -0.2) is 37.4 Å². The third-order valence-corrected chi connectivity index (χ3v) is 6.71. The maximum Gasteiger partial charge on any atom is 0.270 e. The van der Waals surface area contributed by atoms with E-state index >= 15 is 0 Å². The second-order valence-corrected chi connectivity index (χ2v) is 9.17. The van der Waals surface area contributed by atoms with E-state index in [0.717, 1.165) is 24.2 Å². The molecule has 4 rings (SSSR count). The lowest BCUT2D eigenvalue weighted by Gasteiger charge is -2.47. The van der Waals surface area contributed by atoms with Crippen LogP contribution in [0.2, 0.25) is 5.02 Å². The summed E-state index contributed by atoms with van der Waals surface area (Å²) in [6.07, 6.45) is 2.49. The van der Waals surface area contributed by atoms with Gasteiger partial charge in [-0.1, -0.05) is 41.9 Å². The molecular formula is C26H27ClN2O2S. The minimum Gasteiger partial charge on any atom is -0.478 e. The van der Waals surface area contributed by atoms with Crippen LogP contribution in [0.5, 0.6) is 5.75 Å². The minimum atomic E-state index is -0.524. The number of ether oxygens (including phenoxy) is 1. The highest BCUT2D eigenvalue weighted by Crippen LogP contribution is 2.33. The van der Waals surface area contributed by atoms with Crippen molar-refractivity contribution in [1.82, 2.24) is 5.32 Å². The fourth-order valence-corrected chi connectivity index (χ4v) is 4.45. The quantitative estimate of drug-likeness (QED) is 0.261. The minimum absolute atomic E-state index is 0.0197. The van der Waals surface area contributed by atoms with Gasteiger partial charge >= 0.3 is 0 Å². The molecule has 1 aliphatic heterocycles. The van der Waals surface area contributed by atoms with Crippen LogP contribution in [0.15, 0.2) is 77.7 Å². The molecule has 1 N–H and O–H groups in total. The molecule has 0 radical (unpaired) electrons. The lowest BCUT2D eigenvalue weighted by atomic mass is 9.95. The van der Waals surface area contributed by atoms with E-state index in [-0.39, 0.29) is 11.9 Å². The molecule has 0 aliphatic carbocycles. The number of carbonyl (C=O) groups excluding carboxylic acids is 1. The standard InChI is InChI=1S/C26H27ClN2O2S/c1-18-5-3-4-6-23(18)29-24(17-28-16-15-19-7-13-22(32-2)14-8-19)25(26(29)30)31-21-11-9-20(27)10-12-21/h3-14,24-25,28H,15-17H2,1-2H3/t24-,25+/m1/s1. The third kappa shape index (κ3) is 5.12. The summed E-state index contributed by atoms with van der Waals surface area (Å²) in [4.78, 5) is 16.2. The Balaban J connectivity index is 1.42. The number of benzene rings is 3. The molecule has 0 bridgehead atoms. The van der Waals surface area contributed by atoms with Crippen molar-refractivity contribution < 1.29 is 9.53 Å². The molecule has 1 saturated heterocycles. The van der Waals surface area contributed by atoms with Crippen LogP contribution in [0, 0.1) is 6.92 Å². The number of halogens is 1. The van der Waals surface area contributed by atoms with Crippen LogP contribution in [0.4, 0.5) is 5.69 Å². The number of nitrogens with zero attached hydrogens (tertiary/aromatic N) is 1. The highest BCUT2D eigenvalue weighted by molar-refractivity contribution is 7.98. The Labute approximate surface area is 198 Å². The van der Waals surface area contributed by atoms with Crippen molar-refractivity contribution in [3.63, 3.8) is 0 Å². The predicted molar refractivity (Wildman–Crippen MR) is 133 cm³/mol. The second kappa shape index (κ2) is 10.4. The van der Waals surface area contributed by atoms with Crippen LogP contribution < -0.4 is 15.0 Å². The van der Waals surface area contributed by atoms with Crippen molar-refractivity contribution in [2.24, 2.45) is 0 Å². The van der Waals surface area contributed by atoms with Crippen LogP contribution in [0.3, 0.4) is 0 Å². The number of thioether (sulfide) groups is 1. The third-order valence-electron chi connectivity index (χ3n) is 5.72. The number of β-lactam (4-membered cyclic amide) rings is 1. The van der Waals surface area contributed by atoms with Gasteiger partial charge in [-0.15, -0.1) is 11.8 Å². The molecule has 0 unspecified atom stereocenters. The molecule has 0 spiro atoms. The molecule has 6 heteroatoms. The average Bonchev–Trinajstić information content (AvgIpc) is 2.82. The topological polar surface area (TPSA) is 41.6 Å². The van der Waals surface area contributed by atoms with E-state index in [2.05, 4.69) is 35.8 Å². The molecular weight excluding hydrogens is 440 g/mol. The van der Waals surface area contributed by atoms with Crippen LogP contribution in [-0.2, 0) is 11.2 Å². The zero-order valence-corrected chi connectivity index (χ0v) is 19.8. The molecule has 0 saturated carbocycles. The van der Waals surface area contributed by atoms with Crippen molar-refractivity contribution in [1.29, 1.82) is 0 Å². The number of anilines is 1. The number of para-hydroxylation sites is 1. The zero-order valence-electron chi connectivity index (χ0n) is 18.3. The monoisotopic (exact) mass is 466 g/mol. The van der Waals surface area contributed by atoms with Crippen LogP contribution in [0.1, 0.15) is 11.1 Å². The summed E-state index contributed by atoms with van der Waals surface area (Å²) in [5.74, 6) is 0.629. The SMILES string of the molecule is CSc1ccc(CCNC[C@@H]2[C@H](Oc3ccc(Cl)cc3)C(=O)N2c2ccccc2C)cc1. The van der Waals surface area contributed by atoms with Crippen molar-refractivity contribution in [3.05, 3.63) is 88.9 Å². The smallest absolute Gasteiger partial charge is 0.270 e. The normalized spacial score (nSPS) is 17.8. The molecule has 1 aliphatic rings. The average molecular weight is 467 g/mol. The van der Waals surface area contributed by atoms with Gasteiger partial charge in [0.1, 0.15) is 5.75 Å². The van der Waals surface area contributed by atoms with Crippen LogP contribution >= 0.6 is 23.4 Å². The van der Waals surface area contributed by atoms with Gasteiger partial charge < -0.3 is 15.0 Å². The predicted octanol–water partition coefficient (Wildman–Crippen LogP) is 5.37. The zero-order chi connectivity index (χ0) is 22.5. The fourth-order valence-electron chi connectivity index (χ4n) is 3.91. The Morgan fingerprint density at radius 1 is 1.03 bits per heavy atom. The first-order valence-electron chi connectivity index (χ1n) is 10.7. The Bertz CT molecular complexity index is 1060. The van der Waals surface area contributed by atoms with E-state index in [9.17, 15) is 4.79 Å². The van der Waals surface area contributed by atoms with Gasteiger partial charge in [-0.2, -0.15) is 0 Å². The van der Waals surface area contributed by atoms with E-state index in [1.54, 1.807) is 36.0 Å². The summed E-state index contributed by atoms with van der Waals surface area (Å²) in [5, 5.41) is 4.17. The van der Waals surface area contributed by atoms with E-state index in [0.29, 0.717) is 17.3 Å². The molecule has 4 nitrogen and oxygen atoms in total. The second-order valence-electron chi connectivity index (χ2n) is 7.86.